The standard InChI is InChI=1S/C68H76O6/c1-65(2,3)55-33-47-29-51-37-57(67(7,8)9)39-53(63(51)73-27-25-71-59-23-21-43-17-13-15-19-45(43)41-59)31-49-35-56(66(4,5)6)36-50(62(49)70)32-54-40-58(68(10,11)12)38-52(30-48(34-55)61(47)69)64(54)74-28-26-72-60-24-22-44-18-14-16-20-46(44)42-60/h13-24,33-42,69-70H,25-32H2,1-12H3. The number of rotatable bonds is 10. The summed E-state index contributed by atoms with van der Waals surface area (Å²) in [6.07, 6.45) is 1.68. The van der Waals surface area contributed by atoms with Gasteiger partial charge in [-0.15, -0.1) is 0 Å². The minimum Gasteiger partial charge on any atom is -0.507 e. The number of fused-ring (bicyclic) bond motifs is 10. The SMILES string of the molecule is CC(C)(C)c1cc2c(O)c(c1)Cc1cc(C(C)(C)C)cc(c1OCCOc1ccc3ccccc3c1)Cc1cc(C(C)(C)C)cc(c1O)Cc1cc(C(C)(C)C)cc(c1OCCOc1ccc3ccccc3c1)C2. The average molecular weight is 989 g/mol. The maximum absolute atomic E-state index is 12.8. The average Bonchev–Trinajstić information content (AvgIpc) is 3.33. The molecule has 0 heterocycles. The van der Waals surface area contributed by atoms with Crippen LogP contribution in [0.15, 0.2) is 133 Å². The molecule has 0 unspecified atom stereocenters. The molecule has 384 valence electrons. The van der Waals surface area contributed by atoms with E-state index in [1.807, 2.05) is 36.4 Å². The van der Waals surface area contributed by atoms with Gasteiger partial charge >= 0.3 is 0 Å². The summed E-state index contributed by atoms with van der Waals surface area (Å²) >= 11 is 0. The van der Waals surface area contributed by atoms with E-state index >= 15 is 0 Å². The smallest absolute Gasteiger partial charge is 0.126 e. The molecule has 0 aliphatic heterocycles. The van der Waals surface area contributed by atoms with E-state index in [0.29, 0.717) is 52.1 Å². The highest BCUT2D eigenvalue weighted by atomic mass is 16.5. The predicted octanol–water partition coefficient (Wildman–Crippen LogP) is 16.2. The number of benzene rings is 8. The van der Waals surface area contributed by atoms with E-state index in [2.05, 4.69) is 180 Å². The van der Waals surface area contributed by atoms with Crippen molar-refractivity contribution in [2.75, 3.05) is 26.4 Å². The Hall–Kier alpha value is -6.92. The molecule has 0 atom stereocenters. The highest BCUT2D eigenvalue weighted by molar-refractivity contribution is 5.84. The first-order valence-corrected chi connectivity index (χ1v) is 26.5. The van der Waals surface area contributed by atoms with Crippen LogP contribution in [-0.4, -0.2) is 36.6 Å². The molecular formula is C68H76O6. The summed E-state index contributed by atoms with van der Waals surface area (Å²) in [4.78, 5) is 0. The largest absolute Gasteiger partial charge is 0.507 e. The van der Waals surface area contributed by atoms with E-state index in [4.69, 9.17) is 18.9 Å². The Morgan fingerprint density at radius 2 is 0.568 bits per heavy atom. The Morgan fingerprint density at radius 3 is 0.851 bits per heavy atom. The van der Waals surface area contributed by atoms with E-state index in [0.717, 1.165) is 111 Å². The minimum atomic E-state index is -0.223. The van der Waals surface area contributed by atoms with E-state index in [9.17, 15) is 10.2 Å². The second-order valence-corrected chi connectivity index (χ2v) is 24.7. The van der Waals surface area contributed by atoms with Crippen molar-refractivity contribution < 1.29 is 29.2 Å². The topological polar surface area (TPSA) is 77.4 Å². The number of phenolic OH excluding ortho intramolecular Hbond substituents is 2. The van der Waals surface area contributed by atoms with Crippen LogP contribution in [0.25, 0.3) is 21.5 Å². The molecule has 8 aromatic rings. The van der Waals surface area contributed by atoms with Gasteiger partial charge in [0.25, 0.3) is 0 Å². The number of phenols is 2. The van der Waals surface area contributed by atoms with Crippen molar-refractivity contribution in [3.05, 3.63) is 200 Å². The van der Waals surface area contributed by atoms with Crippen molar-refractivity contribution in [3.8, 4) is 34.5 Å². The van der Waals surface area contributed by atoms with Crippen LogP contribution >= 0.6 is 0 Å². The van der Waals surface area contributed by atoms with Crippen LogP contribution in [0.1, 0.15) is 150 Å². The van der Waals surface area contributed by atoms with Crippen molar-refractivity contribution in [1.82, 2.24) is 0 Å². The van der Waals surface area contributed by atoms with Crippen molar-refractivity contribution in [3.63, 3.8) is 0 Å². The highest BCUT2D eigenvalue weighted by Crippen LogP contribution is 2.44. The fourth-order valence-corrected chi connectivity index (χ4v) is 10.1. The van der Waals surface area contributed by atoms with Gasteiger partial charge in [-0.3, -0.25) is 0 Å². The Bertz CT molecular complexity index is 3030. The van der Waals surface area contributed by atoms with Gasteiger partial charge in [-0.05, 0) is 134 Å². The molecule has 0 fully saturated rings. The third kappa shape index (κ3) is 11.7. The molecule has 8 bridgehead atoms. The highest BCUT2D eigenvalue weighted by Gasteiger charge is 2.29. The van der Waals surface area contributed by atoms with Gasteiger partial charge < -0.3 is 29.2 Å². The first-order valence-electron chi connectivity index (χ1n) is 26.5. The van der Waals surface area contributed by atoms with Gasteiger partial charge in [0, 0.05) is 25.7 Å². The van der Waals surface area contributed by atoms with Crippen molar-refractivity contribution in [2.24, 2.45) is 0 Å². The van der Waals surface area contributed by atoms with Crippen LogP contribution in [-0.2, 0) is 47.3 Å². The zero-order valence-corrected chi connectivity index (χ0v) is 45.9. The summed E-state index contributed by atoms with van der Waals surface area (Å²) in [5.74, 6) is 3.60. The summed E-state index contributed by atoms with van der Waals surface area (Å²) in [5.41, 5.74) is 10.9. The second-order valence-electron chi connectivity index (χ2n) is 24.7. The number of aromatic hydroxyl groups is 2. The quantitative estimate of drug-likeness (QED) is 0.133. The van der Waals surface area contributed by atoms with Crippen molar-refractivity contribution in [2.45, 2.75) is 130 Å². The molecule has 0 amide bonds. The Labute approximate surface area is 440 Å². The van der Waals surface area contributed by atoms with Crippen LogP contribution in [0, 0.1) is 0 Å². The lowest BCUT2D eigenvalue weighted by molar-refractivity contribution is 0.215. The maximum Gasteiger partial charge on any atom is 0.126 e. The molecule has 8 aromatic carbocycles. The third-order valence-electron chi connectivity index (χ3n) is 14.6. The predicted molar refractivity (Wildman–Crippen MR) is 305 cm³/mol. The zero-order valence-electron chi connectivity index (χ0n) is 45.9. The van der Waals surface area contributed by atoms with Gasteiger partial charge in [-0.2, -0.15) is 0 Å². The molecule has 0 radical (unpaired) electrons. The van der Waals surface area contributed by atoms with Gasteiger partial charge in [0.05, 0.1) is 0 Å². The summed E-state index contributed by atoms with van der Waals surface area (Å²) < 4.78 is 26.7. The summed E-state index contributed by atoms with van der Waals surface area (Å²) in [6.45, 7) is 28.1. The summed E-state index contributed by atoms with van der Waals surface area (Å²) in [6, 6.07) is 46.7. The number of ether oxygens (including phenoxy) is 4. The lowest BCUT2D eigenvalue weighted by Gasteiger charge is -2.28. The van der Waals surface area contributed by atoms with Crippen LogP contribution in [0.4, 0.5) is 0 Å². The normalized spacial score (nSPS) is 13.2. The van der Waals surface area contributed by atoms with Gasteiger partial charge in [0.1, 0.15) is 60.9 Å². The second kappa shape index (κ2) is 20.4. The molecule has 1 aliphatic carbocycles. The monoisotopic (exact) mass is 989 g/mol. The third-order valence-corrected chi connectivity index (χ3v) is 14.6. The van der Waals surface area contributed by atoms with Crippen LogP contribution in [0.5, 0.6) is 34.5 Å². The van der Waals surface area contributed by atoms with E-state index in [1.54, 1.807) is 0 Å². The Balaban J connectivity index is 1.19. The summed E-state index contributed by atoms with van der Waals surface area (Å²) in [5, 5.41) is 30.1. The van der Waals surface area contributed by atoms with Crippen molar-refractivity contribution in [1.29, 1.82) is 0 Å². The lowest BCUT2D eigenvalue weighted by atomic mass is 9.79. The molecule has 0 aromatic heterocycles. The Morgan fingerprint density at radius 1 is 0.311 bits per heavy atom. The molecule has 74 heavy (non-hydrogen) atoms. The molecule has 9 rings (SSSR count). The molecule has 0 saturated carbocycles. The minimum absolute atomic E-state index is 0.215. The molecule has 6 heteroatoms. The van der Waals surface area contributed by atoms with E-state index in [-0.39, 0.29) is 33.2 Å². The van der Waals surface area contributed by atoms with E-state index in [1.165, 1.54) is 0 Å². The van der Waals surface area contributed by atoms with Crippen LogP contribution in [0.3, 0.4) is 0 Å². The van der Waals surface area contributed by atoms with Gasteiger partial charge in [-0.1, -0.05) is 192 Å². The fourth-order valence-electron chi connectivity index (χ4n) is 10.1. The maximum atomic E-state index is 12.8. The van der Waals surface area contributed by atoms with Gasteiger partial charge in [-0.25, -0.2) is 0 Å². The first-order chi connectivity index (χ1) is 35.0. The molecule has 1 aliphatic rings. The molecule has 6 nitrogen and oxygen atoms in total. The molecule has 0 spiro atoms. The van der Waals surface area contributed by atoms with Crippen molar-refractivity contribution >= 4 is 21.5 Å². The molecule has 0 saturated heterocycles. The number of hydrogen-bond donors (Lipinski definition) is 2. The molecule has 2 N–H and O–H groups in total. The first kappa shape index (κ1) is 52.0. The lowest BCUT2D eigenvalue weighted by Crippen LogP contribution is -2.18. The zero-order chi connectivity index (χ0) is 52.7. The van der Waals surface area contributed by atoms with Crippen LogP contribution in [0.2, 0.25) is 0 Å². The Kier molecular flexibility index (Phi) is 14.3. The fraction of sp³-hybridized carbons (Fsp3) is 0.353. The summed E-state index contributed by atoms with van der Waals surface area (Å²) in [7, 11) is 0. The van der Waals surface area contributed by atoms with Gasteiger partial charge in [0.15, 0.2) is 0 Å². The number of hydrogen-bond acceptors (Lipinski definition) is 6. The van der Waals surface area contributed by atoms with E-state index < -0.39 is 0 Å². The van der Waals surface area contributed by atoms with Crippen LogP contribution < -0.4 is 18.9 Å². The van der Waals surface area contributed by atoms with Gasteiger partial charge in [0.2, 0.25) is 0 Å². The molecular weight excluding hydrogens is 913 g/mol.